The summed E-state index contributed by atoms with van der Waals surface area (Å²) in [5.41, 5.74) is 2.66. The number of fused-ring (bicyclic) bond motifs is 1. The van der Waals surface area contributed by atoms with Crippen LogP contribution in [0.2, 0.25) is 0 Å². The number of rotatable bonds is 3. The second kappa shape index (κ2) is 5.73. The van der Waals surface area contributed by atoms with E-state index in [1.54, 1.807) is 7.05 Å². The van der Waals surface area contributed by atoms with Crippen molar-refractivity contribution >= 4 is 23.0 Å². The molecule has 1 atom stereocenters. The summed E-state index contributed by atoms with van der Waals surface area (Å²) in [5, 5.41) is 0. The number of aryl methyl sites for hydroxylation is 1. The van der Waals surface area contributed by atoms with E-state index in [2.05, 4.69) is 0 Å². The highest BCUT2D eigenvalue weighted by atomic mass is 16.2. The molecule has 3 amide bonds. The predicted molar refractivity (Wildman–Crippen MR) is 93.9 cm³/mol. The van der Waals surface area contributed by atoms with Gasteiger partial charge in [0.05, 0.1) is 11.0 Å². The number of carbonyl (C=O) groups is 2. The van der Waals surface area contributed by atoms with Crippen molar-refractivity contribution in [2.45, 2.75) is 6.04 Å². The van der Waals surface area contributed by atoms with Crippen LogP contribution in [0.15, 0.2) is 54.6 Å². The number of amides is 3. The van der Waals surface area contributed by atoms with Crippen LogP contribution in [0, 0.1) is 0 Å². The fraction of sp³-hybridized carbons (Fsp3) is 0.211. The molecule has 1 unspecified atom stereocenters. The molecule has 0 spiro atoms. The zero-order chi connectivity index (χ0) is 17.6. The molecule has 6 nitrogen and oxygen atoms in total. The summed E-state index contributed by atoms with van der Waals surface area (Å²) in [4.78, 5) is 32.6. The number of nitrogens with zero attached hydrogens (tertiary/aromatic N) is 4. The lowest BCUT2D eigenvalue weighted by Gasteiger charge is -2.26. The minimum Gasteiger partial charge on any atom is -0.329 e. The molecule has 1 saturated heterocycles. The van der Waals surface area contributed by atoms with Crippen molar-refractivity contribution in [1.29, 1.82) is 0 Å². The Kier molecular flexibility index (Phi) is 3.53. The molecule has 0 N–H and O–H groups in total. The molecule has 0 aliphatic carbocycles. The number of carbonyl (C=O) groups excluding carboxylic acids is 2. The van der Waals surface area contributed by atoms with E-state index in [-0.39, 0.29) is 18.5 Å². The molecule has 0 bridgehead atoms. The molecule has 0 saturated carbocycles. The van der Waals surface area contributed by atoms with Gasteiger partial charge in [0.15, 0.2) is 0 Å². The van der Waals surface area contributed by atoms with E-state index in [1.165, 1.54) is 9.80 Å². The van der Waals surface area contributed by atoms with E-state index >= 15 is 0 Å². The zero-order valence-corrected chi connectivity index (χ0v) is 14.1. The summed E-state index contributed by atoms with van der Waals surface area (Å²) in [6.07, 6.45) is 0. The Morgan fingerprint density at radius 1 is 0.960 bits per heavy atom. The monoisotopic (exact) mass is 334 g/mol. The summed E-state index contributed by atoms with van der Waals surface area (Å²) in [6, 6.07) is 16.5. The molecule has 0 radical (unpaired) electrons. The number of hydrogen-bond acceptors (Lipinski definition) is 3. The SMILES string of the molecule is CN1CC(=O)N(C(c2ccccc2)c2nc3ccccc3n2C)C1=O. The Morgan fingerprint density at radius 2 is 1.64 bits per heavy atom. The maximum Gasteiger partial charge on any atom is 0.327 e. The minimum absolute atomic E-state index is 0.0894. The predicted octanol–water partition coefficient (Wildman–Crippen LogP) is 2.56. The molecule has 3 aromatic rings. The summed E-state index contributed by atoms with van der Waals surface area (Å²) >= 11 is 0. The standard InChI is InChI=1S/C19H18N4O2/c1-21-12-16(24)23(19(21)25)17(13-8-4-3-5-9-13)18-20-14-10-6-7-11-15(14)22(18)2/h3-11,17H,12H2,1-2H3. The second-order valence-electron chi connectivity index (χ2n) is 6.23. The molecule has 1 fully saturated rings. The molecular weight excluding hydrogens is 316 g/mol. The first kappa shape index (κ1) is 15.4. The van der Waals surface area contributed by atoms with Crippen LogP contribution in [0.3, 0.4) is 0 Å². The third kappa shape index (κ3) is 2.38. The molecule has 25 heavy (non-hydrogen) atoms. The maximum atomic E-state index is 12.6. The van der Waals surface area contributed by atoms with Crippen molar-refractivity contribution in [3.8, 4) is 0 Å². The molecule has 6 heteroatoms. The van der Waals surface area contributed by atoms with Gasteiger partial charge in [-0.25, -0.2) is 14.7 Å². The highest BCUT2D eigenvalue weighted by Gasteiger charge is 2.41. The molecule has 1 aliphatic heterocycles. The van der Waals surface area contributed by atoms with Crippen LogP contribution in [-0.4, -0.2) is 44.9 Å². The van der Waals surface area contributed by atoms with Crippen molar-refractivity contribution in [2.24, 2.45) is 7.05 Å². The van der Waals surface area contributed by atoms with Gasteiger partial charge in [-0.05, 0) is 17.7 Å². The van der Waals surface area contributed by atoms with Gasteiger partial charge < -0.3 is 9.47 Å². The number of likely N-dealkylation sites (N-methyl/N-ethyl adjacent to an activating group) is 1. The Bertz CT molecular complexity index is 964. The van der Waals surface area contributed by atoms with Crippen molar-refractivity contribution in [1.82, 2.24) is 19.4 Å². The van der Waals surface area contributed by atoms with Crippen LogP contribution in [0.1, 0.15) is 17.4 Å². The van der Waals surface area contributed by atoms with Crippen LogP contribution in [-0.2, 0) is 11.8 Å². The first-order chi connectivity index (χ1) is 12.1. The largest absolute Gasteiger partial charge is 0.329 e. The molecule has 2 heterocycles. The quantitative estimate of drug-likeness (QED) is 0.692. The lowest BCUT2D eigenvalue weighted by molar-refractivity contribution is -0.126. The summed E-state index contributed by atoms with van der Waals surface area (Å²) < 4.78 is 1.95. The highest BCUT2D eigenvalue weighted by Crippen LogP contribution is 2.32. The van der Waals surface area contributed by atoms with Crippen LogP contribution < -0.4 is 0 Å². The fourth-order valence-electron chi connectivity index (χ4n) is 3.35. The summed E-state index contributed by atoms with van der Waals surface area (Å²) in [6.45, 7) is 0.0894. The Hall–Kier alpha value is -3.15. The van der Waals surface area contributed by atoms with Crippen LogP contribution in [0.25, 0.3) is 11.0 Å². The topological polar surface area (TPSA) is 58.4 Å². The van der Waals surface area contributed by atoms with E-state index in [0.717, 1.165) is 16.6 Å². The molecule has 126 valence electrons. The summed E-state index contributed by atoms with van der Waals surface area (Å²) in [5.74, 6) is 0.456. The van der Waals surface area contributed by atoms with Crippen molar-refractivity contribution < 1.29 is 9.59 Å². The van der Waals surface area contributed by atoms with E-state index in [1.807, 2.05) is 66.2 Å². The van der Waals surface area contributed by atoms with Crippen LogP contribution in [0.4, 0.5) is 4.79 Å². The third-order valence-corrected chi connectivity index (χ3v) is 4.61. The molecular formula is C19H18N4O2. The van der Waals surface area contributed by atoms with Gasteiger partial charge in [0.2, 0.25) is 0 Å². The lowest BCUT2D eigenvalue weighted by Crippen LogP contribution is -2.37. The number of urea groups is 1. The summed E-state index contributed by atoms with van der Waals surface area (Å²) in [7, 11) is 3.55. The lowest BCUT2D eigenvalue weighted by atomic mass is 10.0. The van der Waals surface area contributed by atoms with Gasteiger partial charge in [-0.3, -0.25) is 4.79 Å². The normalized spacial score (nSPS) is 16.1. The van der Waals surface area contributed by atoms with Gasteiger partial charge in [0.25, 0.3) is 5.91 Å². The number of benzene rings is 2. The van der Waals surface area contributed by atoms with E-state index in [0.29, 0.717) is 5.82 Å². The van der Waals surface area contributed by atoms with Crippen molar-refractivity contribution in [3.63, 3.8) is 0 Å². The van der Waals surface area contributed by atoms with Gasteiger partial charge in [0, 0.05) is 14.1 Å². The Balaban J connectivity index is 1.93. The average Bonchev–Trinajstić information content (AvgIpc) is 3.08. The Labute approximate surface area is 145 Å². The van der Waals surface area contributed by atoms with Crippen molar-refractivity contribution in [3.05, 3.63) is 66.0 Å². The number of hydrogen-bond donors (Lipinski definition) is 0. The van der Waals surface area contributed by atoms with Gasteiger partial charge in [0.1, 0.15) is 18.4 Å². The fourth-order valence-corrected chi connectivity index (χ4v) is 3.35. The van der Waals surface area contributed by atoms with E-state index < -0.39 is 6.04 Å². The van der Waals surface area contributed by atoms with E-state index in [9.17, 15) is 9.59 Å². The zero-order valence-electron chi connectivity index (χ0n) is 14.1. The van der Waals surface area contributed by atoms with Gasteiger partial charge in [-0.15, -0.1) is 0 Å². The number of imide groups is 1. The van der Waals surface area contributed by atoms with Crippen LogP contribution in [0.5, 0.6) is 0 Å². The molecule has 1 aromatic heterocycles. The smallest absolute Gasteiger partial charge is 0.327 e. The average molecular weight is 334 g/mol. The Morgan fingerprint density at radius 3 is 2.28 bits per heavy atom. The molecule has 1 aliphatic rings. The van der Waals surface area contributed by atoms with Gasteiger partial charge in [-0.1, -0.05) is 42.5 Å². The number of aromatic nitrogens is 2. The molecule has 2 aromatic carbocycles. The number of imidazole rings is 1. The maximum absolute atomic E-state index is 12.6. The van der Waals surface area contributed by atoms with Crippen LogP contribution >= 0.6 is 0 Å². The van der Waals surface area contributed by atoms with Gasteiger partial charge in [-0.2, -0.15) is 0 Å². The van der Waals surface area contributed by atoms with Gasteiger partial charge >= 0.3 is 6.03 Å². The first-order valence-electron chi connectivity index (χ1n) is 8.11. The second-order valence-corrected chi connectivity index (χ2v) is 6.23. The minimum atomic E-state index is -0.552. The third-order valence-electron chi connectivity index (χ3n) is 4.61. The first-order valence-corrected chi connectivity index (χ1v) is 8.11. The molecule has 4 rings (SSSR count). The van der Waals surface area contributed by atoms with E-state index in [4.69, 9.17) is 4.98 Å². The number of para-hydroxylation sites is 2. The highest BCUT2D eigenvalue weighted by molar-refractivity contribution is 6.02. The van der Waals surface area contributed by atoms with Crippen molar-refractivity contribution in [2.75, 3.05) is 13.6 Å².